The lowest BCUT2D eigenvalue weighted by atomic mass is 10.3. The summed E-state index contributed by atoms with van der Waals surface area (Å²) in [6, 6.07) is 9.02. The van der Waals surface area contributed by atoms with E-state index >= 15 is 0 Å². The molecule has 0 radical (unpaired) electrons. The fraction of sp³-hybridized carbons (Fsp3) is 0.333. The zero-order chi connectivity index (χ0) is 16.8. The average molecular weight is 419 g/mol. The Balaban J connectivity index is 0.00000169. The van der Waals surface area contributed by atoms with E-state index < -0.39 is 0 Å². The van der Waals surface area contributed by atoms with E-state index in [0.717, 1.165) is 18.0 Å². The molecule has 3 rings (SSSR count). The van der Waals surface area contributed by atoms with Gasteiger partial charge in [-0.25, -0.2) is 0 Å². The van der Waals surface area contributed by atoms with Crippen molar-refractivity contribution in [3.8, 4) is 5.75 Å². The summed E-state index contributed by atoms with van der Waals surface area (Å²) < 4.78 is 5.68. The monoisotopic (exact) mass is 417 g/mol. The van der Waals surface area contributed by atoms with E-state index in [9.17, 15) is 4.79 Å². The van der Waals surface area contributed by atoms with Crippen molar-refractivity contribution >= 4 is 48.0 Å². The number of hydrogen-bond acceptors (Lipinski definition) is 4. The van der Waals surface area contributed by atoms with Crippen LogP contribution < -0.4 is 15.4 Å². The van der Waals surface area contributed by atoms with Crippen LogP contribution in [0.5, 0.6) is 5.75 Å². The van der Waals surface area contributed by atoms with E-state index in [0.29, 0.717) is 29.6 Å². The van der Waals surface area contributed by atoms with E-state index in [1.165, 1.54) is 12.8 Å². The summed E-state index contributed by atoms with van der Waals surface area (Å²) in [6.45, 7) is 1.62. The Kier molecular flexibility index (Phi) is 9.73. The van der Waals surface area contributed by atoms with Crippen molar-refractivity contribution in [3.05, 3.63) is 53.3 Å². The van der Waals surface area contributed by atoms with Crippen LogP contribution in [-0.2, 0) is 11.4 Å². The van der Waals surface area contributed by atoms with Gasteiger partial charge in [-0.1, -0.05) is 17.7 Å². The van der Waals surface area contributed by atoms with Crippen LogP contribution in [0.2, 0.25) is 5.02 Å². The maximum Gasteiger partial charge on any atom is 0.238 e. The number of benzene rings is 1. The smallest absolute Gasteiger partial charge is 0.238 e. The molecule has 1 amide bonds. The normalized spacial score (nSPS) is 12.5. The Morgan fingerprint density at radius 1 is 1.27 bits per heavy atom. The number of halogens is 3. The maximum atomic E-state index is 11.9. The molecule has 1 fully saturated rings. The summed E-state index contributed by atoms with van der Waals surface area (Å²) in [6.07, 6.45) is 6.00. The molecule has 1 aliphatic carbocycles. The molecule has 1 aromatic heterocycles. The minimum Gasteiger partial charge on any atom is -0.487 e. The van der Waals surface area contributed by atoms with Gasteiger partial charge in [0.05, 0.1) is 11.6 Å². The highest BCUT2D eigenvalue weighted by Crippen LogP contribution is 2.28. The van der Waals surface area contributed by atoms with Crippen molar-refractivity contribution in [2.45, 2.75) is 19.4 Å². The molecule has 0 saturated heterocycles. The van der Waals surface area contributed by atoms with Gasteiger partial charge in [-0.3, -0.25) is 9.78 Å². The van der Waals surface area contributed by atoms with Gasteiger partial charge in [0, 0.05) is 23.6 Å². The van der Waals surface area contributed by atoms with Crippen LogP contribution in [-0.4, -0.2) is 24.0 Å². The van der Waals surface area contributed by atoms with Crippen LogP contribution in [0, 0.1) is 5.92 Å². The molecule has 1 saturated carbocycles. The molecule has 0 atom stereocenters. The molecular weight excluding hydrogens is 397 g/mol. The fourth-order valence-corrected chi connectivity index (χ4v) is 2.49. The highest BCUT2D eigenvalue weighted by atomic mass is 35.5. The highest BCUT2D eigenvalue weighted by Gasteiger charge is 2.20. The van der Waals surface area contributed by atoms with Gasteiger partial charge in [-0.05, 0) is 49.6 Å². The van der Waals surface area contributed by atoms with Crippen LogP contribution in [0.4, 0.5) is 5.69 Å². The molecule has 1 aromatic carbocycles. The number of nitrogens with zero attached hydrogens (tertiary/aromatic N) is 1. The number of hydrogen-bond donors (Lipinski definition) is 2. The first-order valence-corrected chi connectivity index (χ1v) is 8.40. The van der Waals surface area contributed by atoms with Crippen molar-refractivity contribution in [3.63, 3.8) is 0 Å². The van der Waals surface area contributed by atoms with Crippen molar-refractivity contribution < 1.29 is 9.53 Å². The van der Waals surface area contributed by atoms with Gasteiger partial charge >= 0.3 is 0 Å². The second-order valence-corrected chi connectivity index (χ2v) is 6.32. The second kappa shape index (κ2) is 11.2. The summed E-state index contributed by atoms with van der Waals surface area (Å²) in [5, 5.41) is 6.44. The SMILES string of the molecule is Cl.Cl.O=C(CNCC1CC1)Nc1ccc(OCc2cccnc2)c(Cl)c1. The van der Waals surface area contributed by atoms with E-state index in [4.69, 9.17) is 16.3 Å². The van der Waals surface area contributed by atoms with Gasteiger partial charge in [0.1, 0.15) is 12.4 Å². The van der Waals surface area contributed by atoms with Crippen molar-refractivity contribution in [2.24, 2.45) is 5.92 Å². The third-order valence-corrected chi connectivity index (χ3v) is 4.04. The van der Waals surface area contributed by atoms with Gasteiger partial charge in [0.25, 0.3) is 0 Å². The van der Waals surface area contributed by atoms with E-state index in [2.05, 4.69) is 15.6 Å². The fourth-order valence-electron chi connectivity index (χ4n) is 2.26. The summed E-state index contributed by atoms with van der Waals surface area (Å²) in [7, 11) is 0. The third-order valence-electron chi connectivity index (χ3n) is 3.75. The van der Waals surface area contributed by atoms with Crippen molar-refractivity contribution in [2.75, 3.05) is 18.4 Å². The molecule has 2 N–H and O–H groups in total. The number of pyridine rings is 1. The summed E-state index contributed by atoms with van der Waals surface area (Å²) >= 11 is 6.23. The zero-order valence-electron chi connectivity index (χ0n) is 14.1. The minimum absolute atomic E-state index is 0. The number of amides is 1. The first-order valence-electron chi connectivity index (χ1n) is 8.02. The van der Waals surface area contributed by atoms with Gasteiger partial charge in [-0.15, -0.1) is 24.8 Å². The number of anilines is 1. The first kappa shape index (κ1) is 22.5. The molecule has 0 bridgehead atoms. The first-order chi connectivity index (χ1) is 11.7. The lowest BCUT2D eigenvalue weighted by Crippen LogP contribution is -2.29. The second-order valence-electron chi connectivity index (χ2n) is 5.92. The molecule has 5 nitrogen and oxygen atoms in total. The molecule has 2 aromatic rings. The quantitative estimate of drug-likeness (QED) is 0.677. The Morgan fingerprint density at radius 2 is 2.08 bits per heavy atom. The van der Waals surface area contributed by atoms with Gasteiger partial charge in [0.15, 0.2) is 0 Å². The van der Waals surface area contributed by atoms with Crippen molar-refractivity contribution in [1.29, 1.82) is 0 Å². The van der Waals surface area contributed by atoms with Gasteiger partial charge in [0.2, 0.25) is 5.91 Å². The van der Waals surface area contributed by atoms with Gasteiger partial charge < -0.3 is 15.4 Å². The molecule has 26 heavy (non-hydrogen) atoms. The molecule has 1 heterocycles. The largest absolute Gasteiger partial charge is 0.487 e. The van der Waals surface area contributed by atoms with Crippen LogP contribution in [0.25, 0.3) is 0 Å². The number of nitrogens with one attached hydrogen (secondary N) is 2. The number of carbonyl (C=O) groups is 1. The predicted octanol–water partition coefficient (Wildman–Crippen LogP) is 4.10. The Bertz CT molecular complexity index is 697. The number of ether oxygens (including phenoxy) is 1. The van der Waals surface area contributed by atoms with Crippen LogP contribution in [0.3, 0.4) is 0 Å². The standard InChI is InChI=1S/C18H20ClN3O2.2ClH/c19-16-8-15(22-18(23)11-21-9-13-3-4-13)5-6-17(16)24-12-14-2-1-7-20-10-14;;/h1-2,5-8,10,13,21H,3-4,9,11-12H2,(H,22,23);2*1H. The van der Waals surface area contributed by atoms with E-state index in [-0.39, 0.29) is 30.7 Å². The molecule has 1 aliphatic rings. The Morgan fingerprint density at radius 3 is 2.73 bits per heavy atom. The lowest BCUT2D eigenvalue weighted by Gasteiger charge is -2.11. The summed E-state index contributed by atoms with van der Waals surface area (Å²) in [5.41, 5.74) is 1.62. The molecule has 0 unspecified atom stereocenters. The average Bonchev–Trinajstić information content (AvgIpc) is 3.39. The lowest BCUT2D eigenvalue weighted by molar-refractivity contribution is -0.115. The molecule has 8 heteroatoms. The molecular formula is C18H22Cl3N3O2. The molecule has 0 aliphatic heterocycles. The zero-order valence-corrected chi connectivity index (χ0v) is 16.5. The highest BCUT2D eigenvalue weighted by molar-refractivity contribution is 6.32. The van der Waals surface area contributed by atoms with E-state index in [1.54, 1.807) is 30.6 Å². The summed E-state index contributed by atoms with van der Waals surface area (Å²) in [5.74, 6) is 1.25. The molecule has 142 valence electrons. The maximum absolute atomic E-state index is 11.9. The number of rotatable bonds is 8. The van der Waals surface area contributed by atoms with Gasteiger partial charge in [-0.2, -0.15) is 0 Å². The van der Waals surface area contributed by atoms with E-state index in [1.807, 2.05) is 12.1 Å². The molecule has 0 spiro atoms. The summed E-state index contributed by atoms with van der Waals surface area (Å²) in [4.78, 5) is 15.9. The van der Waals surface area contributed by atoms with Crippen LogP contribution in [0.1, 0.15) is 18.4 Å². The Hall–Kier alpha value is -1.53. The van der Waals surface area contributed by atoms with Crippen LogP contribution in [0.15, 0.2) is 42.7 Å². The predicted molar refractivity (Wildman–Crippen MR) is 109 cm³/mol. The number of carbonyl (C=O) groups excluding carboxylic acids is 1. The Labute approximate surface area is 170 Å². The number of aromatic nitrogens is 1. The van der Waals surface area contributed by atoms with Crippen LogP contribution >= 0.6 is 36.4 Å². The third kappa shape index (κ3) is 7.38. The topological polar surface area (TPSA) is 63.2 Å². The minimum atomic E-state index is -0.0734. The van der Waals surface area contributed by atoms with Crippen molar-refractivity contribution in [1.82, 2.24) is 10.3 Å².